The fourth-order valence-corrected chi connectivity index (χ4v) is 2.06. The van der Waals surface area contributed by atoms with Crippen LogP contribution in [0.15, 0.2) is 48.5 Å². The summed E-state index contributed by atoms with van der Waals surface area (Å²) in [6, 6.07) is 12.2. The molecule has 0 aliphatic rings. The van der Waals surface area contributed by atoms with Crippen LogP contribution in [-0.2, 0) is 16.1 Å². The molecule has 7 heteroatoms. The van der Waals surface area contributed by atoms with E-state index in [1.165, 1.54) is 25.1 Å². The highest BCUT2D eigenvalue weighted by Crippen LogP contribution is 2.09. The number of amides is 3. The van der Waals surface area contributed by atoms with Crippen LogP contribution in [0.2, 0.25) is 0 Å². The lowest BCUT2D eigenvalue weighted by molar-refractivity contribution is -0.120. The minimum absolute atomic E-state index is 0.154. The van der Waals surface area contributed by atoms with Crippen molar-refractivity contribution in [2.75, 3.05) is 11.9 Å². The second-order valence-electron chi connectivity index (χ2n) is 5.35. The van der Waals surface area contributed by atoms with Gasteiger partial charge < -0.3 is 16.0 Å². The van der Waals surface area contributed by atoms with Gasteiger partial charge in [-0.1, -0.05) is 18.2 Å². The Hall–Kier alpha value is -3.22. The summed E-state index contributed by atoms with van der Waals surface area (Å²) in [7, 11) is 0. The van der Waals surface area contributed by atoms with Crippen molar-refractivity contribution in [3.8, 4) is 0 Å². The number of hydrogen-bond donors (Lipinski definition) is 3. The summed E-state index contributed by atoms with van der Waals surface area (Å²) in [6.07, 6.45) is 0. The largest absolute Gasteiger partial charge is 0.350 e. The molecule has 0 aromatic heterocycles. The van der Waals surface area contributed by atoms with Crippen molar-refractivity contribution < 1.29 is 18.8 Å². The first-order valence-electron chi connectivity index (χ1n) is 7.61. The molecule has 0 atom stereocenters. The van der Waals surface area contributed by atoms with Gasteiger partial charge in [0.15, 0.2) is 0 Å². The third-order valence-corrected chi connectivity index (χ3v) is 3.26. The second-order valence-corrected chi connectivity index (χ2v) is 5.35. The van der Waals surface area contributed by atoms with Gasteiger partial charge in [0, 0.05) is 24.7 Å². The van der Waals surface area contributed by atoms with Gasteiger partial charge in [0.25, 0.3) is 5.91 Å². The third-order valence-electron chi connectivity index (χ3n) is 3.26. The Morgan fingerprint density at radius 2 is 1.72 bits per heavy atom. The van der Waals surface area contributed by atoms with Crippen LogP contribution in [0.4, 0.5) is 10.1 Å². The summed E-state index contributed by atoms with van der Waals surface area (Å²) in [6.45, 7) is 1.50. The minimum Gasteiger partial charge on any atom is -0.350 e. The molecule has 0 saturated carbocycles. The molecule has 0 heterocycles. The average molecular weight is 343 g/mol. The summed E-state index contributed by atoms with van der Waals surface area (Å²) in [4.78, 5) is 34.5. The molecule has 2 aromatic carbocycles. The van der Waals surface area contributed by atoms with Gasteiger partial charge in [0.2, 0.25) is 11.8 Å². The van der Waals surface area contributed by atoms with E-state index in [1.54, 1.807) is 24.3 Å². The Balaban J connectivity index is 1.77. The van der Waals surface area contributed by atoms with Crippen molar-refractivity contribution in [1.29, 1.82) is 0 Å². The van der Waals surface area contributed by atoms with Gasteiger partial charge in [-0.3, -0.25) is 14.4 Å². The van der Waals surface area contributed by atoms with Crippen LogP contribution in [0, 0.1) is 5.82 Å². The van der Waals surface area contributed by atoms with Crippen molar-refractivity contribution in [1.82, 2.24) is 10.6 Å². The van der Waals surface area contributed by atoms with Crippen molar-refractivity contribution in [2.24, 2.45) is 0 Å². The first-order chi connectivity index (χ1) is 11.9. The number of halogens is 1. The Morgan fingerprint density at radius 3 is 2.36 bits per heavy atom. The molecule has 0 unspecified atom stereocenters. The Bertz CT molecular complexity index is 775. The molecule has 130 valence electrons. The highest BCUT2D eigenvalue weighted by molar-refractivity contribution is 5.96. The van der Waals surface area contributed by atoms with E-state index in [1.807, 2.05) is 0 Å². The van der Waals surface area contributed by atoms with Gasteiger partial charge >= 0.3 is 0 Å². The van der Waals surface area contributed by atoms with Crippen molar-refractivity contribution >= 4 is 23.4 Å². The highest BCUT2D eigenvalue weighted by Gasteiger charge is 2.08. The molecule has 25 heavy (non-hydrogen) atoms. The molecule has 0 aliphatic carbocycles. The van der Waals surface area contributed by atoms with E-state index < -0.39 is 11.7 Å². The van der Waals surface area contributed by atoms with E-state index >= 15 is 0 Å². The average Bonchev–Trinajstić information content (AvgIpc) is 2.58. The van der Waals surface area contributed by atoms with Crippen molar-refractivity contribution in [3.05, 3.63) is 65.5 Å². The molecule has 3 N–H and O–H groups in total. The molecule has 0 saturated heterocycles. The summed E-state index contributed by atoms with van der Waals surface area (Å²) in [5, 5.41) is 7.74. The lowest BCUT2D eigenvalue weighted by atomic mass is 10.2. The molecule has 2 aromatic rings. The summed E-state index contributed by atoms with van der Waals surface area (Å²) in [5.41, 5.74) is 1.67. The number of nitrogens with one attached hydrogen (secondary N) is 3. The minimum atomic E-state index is -0.519. The number of hydrogen-bond acceptors (Lipinski definition) is 3. The molecule has 2 rings (SSSR count). The number of carbonyl (C=O) groups excluding carboxylic acids is 3. The predicted molar refractivity (Wildman–Crippen MR) is 91.3 cm³/mol. The van der Waals surface area contributed by atoms with Crippen LogP contribution in [0.1, 0.15) is 22.8 Å². The van der Waals surface area contributed by atoms with Gasteiger partial charge in [0.05, 0.1) is 6.54 Å². The van der Waals surface area contributed by atoms with E-state index in [2.05, 4.69) is 16.0 Å². The fraction of sp³-hybridized carbons (Fsp3) is 0.167. The second kappa shape index (κ2) is 8.58. The molecular formula is C18H18FN3O3. The standard InChI is InChI=1S/C18H18FN3O3/c1-12(23)22-16-7-5-13(6-8-16)10-20-17(24)11-21-18(25)14-3-2-4-15(19)9-14/h2-9H,10-11H2,1H3,(H,20,24)(H,21,25)(H,22,23). The van der Waals surface area contributed by atoms with Crippen LogP contribution in [0.25, 0.3) is 0 Å². The molecule has 0 fully saturated rings. The number of benzene rings is 2. The molecule has 0 bridgehead atoms. The van der Waals surface area contributed by atoms with Crippen molar-refractivity contribution in [3.63, 3.8) is 0 Å². The molecule has 6 nitrogen and oxygen atoms in total. The van der Waals surface area contributed by atoms with Crippen LogP contribution in [0.3, 0.4) is 0 Å². The van der Waals surface area contributed by atoms with Gasteiger partial charge in [0.1, 0.15) is 5.82 Å². The monoisotopic (exact) mass is 343 g/mol. The first-order valence-corrected chi connectivity index (χ1v) is 7.61. The van der Waals surface area contributed by atoms with E-state index in [9.17, 15) is 18.8 Å². The zero-order valence-electron chi connectivity index (χ0n) is 13.6. The van der Waals surface area contributed by atoms with Crippen LogP contribution >= 0.6 is 0 Å². The Kier molecular flexibility index (Phi) is 6.22. The summed E-state index contributed by atoms with van der Waals surface area (Å²) >= 11 is 0. The summed E-state index contributed by atoms with van der Waals surface area (Å²) < 4.78 is 13.1. The summed E-state index contributed by atoms with van der Waals surface area (Å²) in [5.74, 6) is -1.56. The first kappa shape index (κ1) is 18.1. The molecule has 3 amide bonds. The Morgan fingerprint density at radius 1 is 1.00 bits per heavy atom. The topological polar surface area (TPSA) is 87.3 Å². The van der Waals surface area contributed by atoms with E-state index in [0.717, 1.165) is 11.6 Å². The smallest absolute Gasteiger partial charge is 0.251 e. The SMILES string of the molecule is CC(=O)Nc1ccc(CNC(=O)CNC(=O)c2cccc(F)c2)cc1. The van der Waals surface area contributed by atoms with Crippen LogP contribution in [-0.4, -0.2) is 24.3 Å². The lowest BCUT2D eigenvalue weighted by Crippen LogP contribution is -2.36. The number of anilines is 1. The molecule has 0 radical (unpaired) electrons. The molecule has 0 aliphatic heterocycles. The fourth-order valence-electron chi connectivity index (χ4n) is 2.06. The zero-order valence-corrected chi connectivity index (χ0v) is 13.6. The molecular weight excluding hydrogens is 325 g/mol. The lowest BCUT2D eigenvalue weighted by Gasteiger charge is -2.08. The quantitative estimate of drug-likeness (QED) is 0.748. The van der Waals surface area contributed by atoms with E-state index in [0.29, 0.717) is 5.69 Å². The van der Waals surface area contributed by atoms with Gasteiger partial charge in [-0.25, -0.2) is 4.39 Å². The van der Waals surface area contributed by atoms with Crippen molar-refractivity contribution in [2.45, 2.75) is 13.5 Å². The molecule has 0 spiro atoms. The highest BCUT2D eigenvalue weighted by atomic mass is 19.1. The maximum atomic E-state index is 13.1. The number of carbonyl (C=O) groups is 3. The maximum Gasteiger partial charge on any atom is 0.251 e. The van der Waals surface area contributed by atoms with E-state index in [-0.39, 0.29) is 30.5 Å². The normalized spacial score (nSPS) is 10.0. The van der Waals surface area contributed by atoms with E-state index in [4.69, 9.17) is 0 Å². The van der Waals surface area contributed by atoms with Gasteiger partial charge in [-0.05, 0) is 35.9 Å². The van der Waals surface area contributed by atoms with Crippen LogP contribution < -0.4 is 16.0 Å². The predicted octanol–water partition coefficient (Wildman–Crippen LogP) is 1.83. The zero-order chi connectivity index (χ0) is 18.2. The number of rotatable bonds is 6. The van der Waals surface area contributed by atoms with Crippen LogP contribution in [0.5, 0.6) is 0 Å². The van der Waals surface area contributed by atoms with Gasteiger partial charge in [-0.2, -0.15) is 0 Å². The van der Waals surface area contributed by atoms with Gasteiger partial charge in [-0.15, -0.1) is 0 Å². The maximum absolute atomic E-state index is 13.1. The third kappa shape index (κ3) is 6.06. The Labute approximate surface area is 144 Å².